The van der Waals surface area contributed by atoms with Crippen LogP contribution in [0.15, 0.2) is 47.6 Å². The molecule has 0 saturated carbocycles. The number of aryl methyl sites for hydroxylation is 2. The Morgan fingerprint density at radius 3 is 2.70 bits per heavy atom. The van der Waals surface area contributed by atoms with E-state index in [-0.39, 0.29) is 0 Å². The number of aromatic nitrogens is 3. The van der Waals surface area contributed by atoms with Gasteiger partial charge in [-0.3, -0.25) is 9.71 Å². The average Bonchev–Trinajstić information content (AvgIpc) is 3.06. The monoisotopic (exact) mass is 348 g/mol. The summed E-state index contributed by atoms with van der Waals surface area (Å²) >= 11 is 1.46. The lowest BCUT2D eigenvalue weighted by Crippen LogP contribution is -2.17. The largest absolute Gasteiger partial charge is 0.264 e. The third-order valence-corrected chi connectivity index (χ3v) is 5.85. The first-order valence-corrected chi connectivity index (χ1v) is 9.27. The van der Waals surface area contributed by atoms with Gasteiger partial charge in [0.2, 0.25) is 0 Å². The molecule has 3 heterocycles. The molecule has 3 aromatic rings. The number of sulfonamides is 1. The lowest BCUT2D eigenvalue weighted by atomic mass is 10.3. The van der Waals surface area contributed by atoms with Crippen LogP contribution in [0, 0.1) is 13.8 Å². The molecule has 0 radical (unpaired) electrons. The lowest BCUT2D eigenvalue weighted by molar-refractivity contribution is 0.599. The van der Waals surface area contributed by atoms with E-state index in [4.69, 9.17) is 0 Å². The van der Waals surface area contributed by atoms with Crippen LogP contribution in [0.3, 0.4) is 0 Å². The van der Waals surface area contributed by atoms with E-state index in [2.05, 4.69) is 14.8 Å². The first-order chi connectivity index (χ1) is 11.0. The van der Waals surface area contributed by atoms with E-state index in [1.54, 1.807) is 36.1 Å². The summed E-state index contributed by atoms with van der Waals surface area (Å²) in [6.07, 6.45) is 3.26. The minimum absolute atomic E-state index is 0.311. The molecule has 3 rings (SSSR count). The third kappa shape index (κ3) is 3.43. The molecule has 0 saturated heterocycles. The zero-order valence-electron chi connectivity index (χ0n) is 12.7. The quantitative estimate of drug-likeness (QED) is 0.769. The van der Waals surface area contributed by atoms with Crippen LogP contribution in [0.1, 0.15) is 15.4 Å². The first-order valence-electron chi connectivity index (χ1n) is 6.97. The highest BCUT2D eigenvalue weighted by atomic mass is 32.2. The van der Waals surface area contributed by atoms with Gasteiger partial charge in [-0.15, -0.1) is 11.3 Å². The van der Waals surface area contributed by atoms with Crippen molar-refractivity contribution in [1.82, 2.24) is 14.8 Å². The van der Waals surface area contributed by atoms with Crippen LogP contribution < -0.4 is 4.72 Å². The van der Waals surface area contributed by atoms with Gasteiger partial charge < -0.3 is 0 Å². The second-order valence-corrected chi connectivity index (χ2v) is 8.19. The number of hydrogen-bond acceptors (Lipinski definition) is 5. The van der Waals surface area contributed by atoms with Crippen LogP contribution in [-0.2, 0) is 16.6 Å². The van der Waals surface area contributed by atoms with Gasteiger partial charge in [-0.2, -0.15) is 5.10 Å². The SMILES string of the molecule is Cc1cc(S(=O)(=O)Nc2ccnn2Cc2ccccn2)c(C)s1. The first kappa shape index (κ1) is 15.7. The van der Waals surface area contributed by atoms with Crippen molar-refractivity contribution in [2.24, 2.45) is 0 Å². The smallest absolute Gasteiger partial charge is 0.264 e. The van der Waals surface area contributed by atoms with Crippen LogP contribution in [0.2, 0.25) is 0 Å². The van der Waals surface area contributed by atoms with Crippen molar-refractivity contribution in [3.05, 3.63) is 58.2 Å². The Labute approximate surface area is 138 Å². The molecule has 8 heteroatoms. The molecule has 0 fully saturated rings. The predicted octanol–water partition coefficient (Wildman–Crippen LogP) is 2.81. The summed E-state index contributed by atoms with van der Waals surface area (Å²) in [6, 6.07) is 8.90. The molecule has 0 aliphatic heterocycles. The molecule has 0 aliphatic carbocycles. The Balaban J connectivity index is 1.86. The molecule has 0 aliphatic rings. The summed E-state index contributed by atoms with van der Waals surface area (Å²) in [7, 11) is -3.63. The summed E-state index contributed by atoms with van der Waals surface area (Å²) in [5, 5.41) is 4.17. The van der Waals surface area contributed by atoms with Gasteiger partial charge in [0.25, 0.3) is 10.0 Å². The topological polar surface area (TPSA) is 76.9 Å². The average molecular weight is 348 g/mol. The fourth-order valence-corrected chi connectivity index (χ4v) is 4.87. The minimum atomic E-state index is -3.63. The zero-order chi connectivity index (χ0) is 16.4. The second-order valence-electron chi connectivity index (χ2n) is 5.08. The van der Waals surface area contributed by atoms with E-state index in [0.717, 1.165) is 15.4 Å². The number of thiophene rings is 1. The van der Waals surface area contributed by atoms with Gasteiger partial charge in [0.15, 0.2) is 0 Å². The maximum absolute atomic E-state index is 12.6. The summed E-state index contributed by atoms with van der Waals surface area (Å²) in [5.74, 6) is 0.416. The van der Waals surface area contributed by atoms with Crippen molar-refractivity contribution < 1.29 is 8.42 Å². The molecule has 0 spiro atoms. The maximum Gasteiger partial charge on any atom is 0.264 e. The third-order valence-electron chi connectivity index (χ3n) is 3.28. The fourth-order valence-electron chi connectivity index (χ4n) is 2.26. The van der Waals surface area contributed by atoms with E-state index >= 15 is 0 Å². The standard InChI is InChI=1S/C15H16N4O2S2/c1-11-9-14(12(2)22-11)23(20,21)18-15-6-8-17-19(15)10-13-5-3-4-7-16-13/h3-9,18H,10H2,1-2H3. The van der Waals surface area contributed by atoms with E-state index < -0.39 is 10.0 Å². The van der Waals surface area contributed by atoms with Crippen molar-refractivity contribution >= 4 is 27.2 Å². The highest BCUT2D eigenvalue weighted by Gasteiger charge is 2.20. The molecule has 3 aromatic heterocycles. The number of nitrogens with one attached hydrogen (secondary N) is 1. The number of rotatable bonds is 5. The van der Waals surface area contributed by atoms with Crippen molar-refractivity contribution in [2.45, 2.75) is 25.3 Å². The molecule has 0 bridgehead atoms. The zero-order valence-corrected chi connectivity index (χ0v) is 14.4. The molecule has 0 amide bonds. The maximum atomic E-state index is 12.6. The van der Waals surface area contributed by atoms with Crippen molar-refractivity contribution in [1.29, 1.82) is 0 Å². The van der Waals surface area contributed by atoms with E-state index in [0.29, 0.717) is 17.3 Å². The Bertz CT molecular complexity index is 914. The Morgan fingerprint density at radius 1 is 1.22 bits per heavy atom. The van der Waals surface area contributed by atoms with Crippen LogP contribution in [-0.4, -0.2) is 23.2 Å². The van der Waals surface area contributed by atoms with Gasteiger partial charge in [-0.05, 0) is 32.0 Å². The molecule has 0 unspecified atom stereocenters. The Morgan fingerprint density at radius 2 is 2.04 bits per heavy atom. The van der Waals surface area contributed by atoms with Crippen LogP contribution in [0.5, 0.6) is 0 Å². The van der Waals surface area contributed by atoms with Crippen LogP contribution in [0.25, 0.3) is 0 Å². The number of hydrogen-bond donors (Lipinski definition) is 1. The molecule has 0 aromatic carbocycles. The van der Waals surface area contributed by atoms with Crippen LogP contribution >= 0.6 is 11.3 Å². The minimum Gasteiger partial charge on any atom is -0.264 e. The van der Waals surface area contributed by atoms with Crippen molar-refractivity contribution in [2.75, 3.05) is 4.72 Å². The van der Waals surface area contributed by atoms with E-state index in [1.807, 2.05) is 25.1 Å². The molecule has 1 N–H and O–H groups in total. The molecular weight excluding hydrogens is 332 g/mol. The van der Waals surface area contributed by atoms with Gasteiger partial charge in [0, 0.05) is 22.0 Å². The Hall–Kier alpha value is -2.19. The van der Waals surface area contributed by atoms with Gasteiger partial charge in [-0.25, -0.2) is 13.1 Å². The summed E-state index contributed by atoms with van der Waals surface area (Å²) in [6.45, 7) is 4.09. The molecular formula is C15H16N4O2S2. The summed E-state index contributed by atoms with van der Waals surface area (Å²) in [5.41, 5.74) is 0.805. The fraction of sp³-hybridized carbons (Fsp3) is 0.200. The van der Waals surface area contributed by atoms with Crippen LogP contribution in [0.4, 0.5) is 5.82 Å². The Kier molecular flexibility index (Phi) is 4.18. The highest BCUT2D eigenvalue weighted by Crippen LogP contribution is 2.26. The van der Waals surface area contributed by atoms with Crippen molar-refractivity contribution in [3.63, 3.8) is 0 Å². The van der Waals surface area contributed by atoms with Gasteiger partial charge >= 0.3 is 0 Å². The van der Waals surface area contributed by atoms with Gasteiger partial charge in [0.05, 0.1) is 18.4 Å². The molecule has 6 nitrogen and oxygen atoms in total. The molecule has 0 atom stereocenters. The second kappa shape index (κ2) is 6.13. The number of pyridine rings is 1. The van der Waals surface area contributed by atoms with Gasteiger partial charge in [-0.1, -0.05) is 6.07 Å². The van der Waals surface area contributed by atoms with Crippen molar-refractivity contribution in [3.8, 4) is 0 Å². The predicted molar refractivity (Wildman–Crippen MR) is 90.2 cm³/mol. The summed E-state index contributed by atoms with van der Waals surface area (Å²) < 4.78 is 29.3. The van der Waals surface area contributed by atoms with E-state index in [9.17, 15) is 8.42 Å². The number of anilines is 1. The molecule has 120 valence electrons. The molecule has 23 heavy (non-hydrogen) atoms. The van der Waals surface area contributed by atoms with Gasteiger partial charge in [0.1, 0.15) is 10.7 Å². The highest BCUT2D eigenvalue weighted by molar-refractivity contribution is 7.93. The normalized spacial score (nSPS) is 11.6. The number of nitrogens with zero attached hydrogens (tertiary/aromatic N) is 3. The summed E-state index contributed by atoms with van der Waals surface area (Å²) in [4.78, 5) is 6.27. The van der Waals surface area contributed by atoms with E-state index in [1.165, 1.54) is 11.3 Å². The lowest BCUT2D eigenvalue weighted by Gasteiger charge is -2.10.